The molecule has 0 saturated carbocycles. The molecule has 0 spiro atoms. The van der Waals surface area contributed by atoms with Gasteiger partial charge in [0.2, 0.25) is 11.0 Å². The van der Waals surface area contributed by atoms with E-state index in [1.807, 2.05) is 0 Å². The second-order valence-electron chi connectivity index (χ2n) is 6.11. The van der Waals surface area contributed by atoms with Crippen molar-refractivity contribution < 1.29 is 24.1 Å². The third-order valence-corrected chi connectivity index (χ3v) is 4.41. The van der Waals surface area contributed by atoms with E-state index < -0.39 is 0 Å². The highest BCUT2D eigenvalue weighted by molar-refractivity contribution is 7.80. The van der Waals surface area contributed by atoms with Gasteiger partial charge in [0.05, 0.1) is 39.6 Å². The van der Waals surface area contributed by atoms with Gasteiger partial charge in [0, 0.05) is 38.8 Å². The number of benzene rings is 1. The molecule has 1 aromatic heterocycles. The van der Waals surface area contributed by atoms with E-state index in [0.717, 1.165) is 0 Å². The van der Waals surface area contributed by atoms with E-state index in [9.17, 15) is 5.11 Å². The molecule has 0 atom stereocenters. The molecule has 29 heavy (non-hydrogen) atoms. The summed E-state index contributed by atoms with van der Waals surface area (Å²) in [5.41, 5.74) is 6.37. The highest BCUT2D eigenvalue weighted by Gasteiger charge is 2.21. The minimum Gasteiger partial charge on any atom is -0.493 e. The summed E-state index contributed by atoms with van der Waals surface area (Å²) >= 11 is 4.77. The van der Waals surface area contributed by atoms with Crippen LogP contribution >= 0.6 is 12.2 Å². The SMILES string of the molecule is COCCN(CCOC)Cn1c(O)c(N=NC(N)=S)c2cc(OC)c(OC)cc21. The highest BCUT2D eigenvalue weighted by atomic mass is 32.1. The fourth-order valence-electron chi connectivity index (χ4n) is 2.88. The van der Waals surface area contributed by atoms with Crippen LogP contribution in [0.25, 0.3) is 10.9 Å². The van der Waals surface area contributed by atoms with Crippen molar-refractivity contribution in [3.05, 3.63) is 12.1 Å². The number of ether oxygens (including phenoxy) is 4. The van der Waals surface area contributed by atoms with Gasteiger partial charge in [-0.15, -0.1) is 10.2 Å². The summed E-state index contributed by atoms with van der Waals surface area (Å²) in [6, 6.07) is 3.51. The van der Waals surface area contributed by atoms with Gasteiger partial charge in [0.25, 0.3) is 0 Å². The van der Waals surface area contributed by atoms with E-state index in [2.05, 4.69) is 15.1 Å². The molecule has 0 unspecified atom stereocenters. The molecule has 2 aromatic rings. The molecular weight excluding hydrogens is 398 g/mol. The number of nitrogens with zero attached hydrogens (tertiary/aromatic N) is 4. The van der Waals surface area contributed by atoms with Gasteiger partial charge in [0.15, 0.2) is 17.2 Å². The molecular formula is C18H27N5O5S. The summed E-state index contributed by atoms with van der Waals surface area (Å²) in [4.78, 5) is 2.08. The maximum atomic E-state index is 10.9. The van der Waals surface area contributed by atoms with Crippen molar-refractivity contribution in [3.8, 4) is 17.4 Å². The lowest BCUT2D eigenvalue weighted by molar-refractivity contribution is 0.0951. The third kappa shape index (κ3) is 5.54. The van der Waals surface area contributed by atoms with Crippen molar-refractivity contribution in [3.63, 3.8) is 0 Å². The number of rotatable bonds is 11. The van der Waals surface area contributed by atoms with Gasteiger partial charge in [-0.05, 0) is 18.3 Å². The maximum Gasteiger partial charge on any atom is 0.221 e. The molecule has 0 amide bonds. The average molecular weight is 426 g/mol. The van der Waals surface area contributed by atoms with Crippen LogP contribution in [0.2, 0.25) is 0 Å². The second-order valence-corrected chi connectivity index (χ2v) is 6.53. The molecule has 0 aliphatic heterocycles. The topological polar surface area (TPSA) is 116 Å². The van der Waals surface area contributed by atoms with Crippen LogP contribution in [0.15, 0.2) is 22.4 Å². The number of hydrogen-bond donors (Lipinski definition) is 2. The minimum atomic E-state index is -0.132. The number of azo groups is 1. The van der Waals surface area contributed by atoms with Gasteiger partial charge in [-0.3, -0.25) is 9.47 Å². The van der Waals surface area contributed by atoms with E-state index in [1.54, 1.807) is 38.0 Å². The van der Waals surface area contributed by atoms with Crippen molar-refractivity contribution in [1.29, 1.82) is 0 Å². The molecule has 160 valence electrons. The molecule has 0 aliphatic carbocycles. The monoisotopic (exact) mass is 425 g/mol. The normalized spacial score (nSPS) is 11.6. The van der Waals surface area contributed by atoms with Crippen molar-refractivity contribution in [2.45, 2.75) is 6.67 Å². The van der Waals surface area contributed by atoms with E-state index in [-0.39, 0.29) is 16.7 Å². The Hall–Kier alpha value is -2.47. The Morgan fingerprint density at radius 1 is 1.10 bits per heavy atom. The third-order valence-electron chi connectivity index (χ3n) is 4.33. The predicted octanol–water partition coefficient (Wildman–Crippen LogP) is 2.24. The van der Waals surface area contributed by atoms with Gasteiger partial charge in [-0.1, -0.05) is 0 Å². The lowest BCUT2D eigenvalue weighted by atomic mass is 10.2. The van der Waals surface area contributed by atoms with Gasteiger partial charge in [-0.2, -0.15) is 0 Å². The summed E-state index contributed by atoms with van der Waals surface area (Å²) in [6.07, 6.45) is 0. The molecule has 0 radical (unpaired) electrons. The summed E-state index contributed by atoms with van der Waals surface area (Å²) in [5, 5.41) is 19.2. The van der Waals surface area contributed by atoms with Crippen LogP contribution in [-0.2, 0) is 16.1 Å². The van der Waals surface area contributed by atoms with Crippen LogP contribution in [0.3, 0.4) is 0 Å². The number of aromatic nitrogens is 1. The summed E-state index contributed by atoms with van der Waals surface area (Å²) in [5.74, 6) is 0.951. The zero-order valence-corrected chi connectivity index (χ0v) is 17.9. The molecule has 0 saturated heterocycles. The quantitative estimate of drug-likeness (QED) is 0.416. The molecule has 3 N–H and O–H groups in total. The first-order valence-electron chi connectivity index (χ1n) is 8.85. The maximum absolute atomic E-state index is 10.9. The van der Waals surface area contributed by atoms with E-state index >= 15 is 0 Å². The van der Waals surface area contributed by atoms with Crippen LogP contribution in [0.4, 0.5) is 5.69 Å². The van der Waals surface area contributed by atoms with Gasteiger partial charge in [0.1, 0.15) is 0 Å². The number of hydrogen-bond acceptors (Lipinski definition) is 8. The molecule has 1 aromatic carbocycles. The Kier molecular flexibility index (Phi) is 8.58. The highest BCUT2D eigenvalue weighted by Crippen LogP contribution is 2.43. The number of methoxy groups -OCH3 is 4. The lowest BCUT2D eigenvalue weighted by Crippen LogP contribution is -2.32. The van der Waals surface area contributed by atoms with Crippen molar-refractivity contribution in [1.82, 2.24) is 9.47 Å². The molecule has 10 nitrogen and oxygen atoms in total. The minimum absolute atomic E-state index is 0.0739. The Morgan fingerprint density at radius 2 is 1.69 bits per heavy atom. The Labute approximate surface area is 174 Å². The van der Waals surface area contributed by atoms with Gasteiger partial charge < -0.3 is 29.8 Å². The smallest absolute Gasteiger partial charge is 0.221 e. The average Bonchev–Trinajstić information content (AvgIpc) is 2.97. The van der Waals surface area contributed by atoms with E-state index in [4.69, 9.17) is 36.9 Å². The van der Waals surface area contributed by atoms with Crippen LogP contribution < -0.4 is 15.2 Å². The Morgan fingerprint density at radius 3 is 2.21 bits per heavy atom. The first-order valence-corrected chi connectivity index (χ1v) is 9.26. The van der Waals surface area contributed by atoms with E-state index in [1.165, 1.54) is 7.11 Å². The van der Waals surface area contributed by atoms with Crippen LogP contribution in [-0.4, -0.2) is 74.4 Å². The number of thiocarbonyl (C=S) groups is 1. The fourth-order valence-corrected chi connectivity index (χ4v) is 2.92. The van der Waals surface area contributed by atoms with Crippen LogP contribution in [0.1, 0.15) is 0 Å². The molecule has 0 bridgehead atoms. The fraction of sp³-hybridized carbons (Fsp3) is 0.500. The zero-order valence-electron chi connectivity index (χ0n) is 17.0. The Balaban J connectivity index is 2.59. The summed E-state index contributed by atoms with van der Waals surface area (Å²) < 4.78 is 22.9. The number of fused-ring (bicyclic) bond motifs is 1. The number of nitrogens with two attached hydrogens (primary N) is 1. The summed E-state index contributed by atoms with van der Waals surface area (Å²) in [7, 11) is 6.37. The van der Waals surface area contributed by atoms with Crippen LogP contribution in [0, 0.1) is 0 Å². The van der Waals surface area contributed by atoms with Crippen molar-refractivity contribution in [2.75, 3.05) is 54.7 Å². The molecule has 11 heteroatoms. The molecule has 0 aliphatic rings. The van der Waals surface area contributed by atoms with Gasteiger partial charge in [-0.25, -0.2) is 0 Å². The summed E-state index contributed by atoms with van der Waals surface area (Å²) in [6.45, 7) is 2.74. The molecule has 1 heterocycles. The second kappa shape index (κ2) is 10.9. The first kappa shape index (κ1) is 22.8. The van der Waals surface area contributed by atoms with Crippen molar-refractivity contribution >= 4 is 33.9 Å². The van der Waals surface area contributed by atoms with Crippen molar-refractivity contribution in [2.24, 2.45) is 16.0 Å². The molecule has 0 fully saturated rings. The predicted molar refractivity (Wildman–Crippen MR) is 113 cm³/mol. The zero-order chi connectivity index (χ0) is 21.4. The van der Waals surface area contributed by atoms with Crippen LogP contribution in [0.5, 0.6) is 17.4 Å². The largest absolute Gasteiger partial charge is 0.493 e. The number of aromatic hydroxyl groups is 1. The lowest BCUT2D eigenvalue weighted by Gasteiger charge is -2.23. The molecule has 2 rings (SSSR count). The standard InChI is InChI=1S/C18H27N5O5S/c1-25-7-5-22(6-8-26-2)11-23-13-10-15(28-4)14(27-3)9-12(13)16(17(23)24)20-21-18(19)29/h9-10,24H,5-8,11H2,1-4H3,(H2,19,29). The van der Waals surface area contributed by atoms with E-state index in [0.29, 0.717) is 55.4 Å². The Bertz CT molecular complexity index is 862. The van der Waals surface area contributed by atoms with Gasteiger partial charge >= 0.3 is 0 Å². The first-order chi connectivity index (χ1) is 14.0.